The van der Waals surface area contributed by atoms with Crippen LogP contribution in [0.2, 0.25) is 0 Å². The van der Waals surface area contributed by atoms with Crippen LogP contribution in [-0.2, 0) is 9.59 Å². The molecular formula is C13H13N5O2. The van der Waals surface area contributed by atoms with Crippen LogP contribution < -0.4 is 10.2 Å². The summed E-state index contributed by atoms with van der Waals surface area (Å²) >= 11 is 0. The summed E-state index contributed by atoms with van der Waals surface area (Å²) in [4.78, 5) is 29.8. The molecule has 0 bridgehead atoms. The minimum atomic E-state index is -0.256. The lowest BCUT2D eigenvalue weighted by Crippen LogP contribution is -2.31. The molecular weight excluding hydrogens is 258 g/mol. The van der Waals surface area contributed by atoms with Gasteiger partial charge in [-0.3, -0.25) is 14.9 Å². The third kappa shape index (κ3) is 1.46. The Balaban J connectivity index is 1.75. The van der Waals surface area contributed by atoms with E-state index in [1.54, 1.807) is 16.9 Å². The minimum Gasteiger partial charge on any atom is -0.353 e. The molecule has 2 aromatic rings. The third-order valence-electron chi connectivity index (χ3n) is 4.03. The SMILES string of the molecule is Cc1cc2c(N3CC4C(=O)NC(=O)C4C3)nccn2n1. The van der Waals surface area contributed by atoms with E-state index in [2.05, 4.69) is 15.4 Å². The molecule has 0 aliphatic carbocycles. The molecule has 2 unspecified atom stereocenters. The van der Waals surface area contributed by atoms with Crippen LogP contribution in [0.15, 0.2) is 18.5 Å². The molecule has 20 heavy (non-hydrogen) atoms. The standard InChI is InChI=1S/C13H13N5O2/c1-7-4-10-11(14-2-3-18(10)16-7)17-5-8-9(6-17)13(20)15-12(8)19/h2-4,8-9H,5-6H2,1H3,(H,15,19,20). The summed E-state index contributed by atoms with van der Waals surface area (Å²) in [6, 6.07) is 1.96. The van der Waals surface area contributed by atoms with Gasteiger partial charge in [0.2, 0.25) is 11.8 Å². The molecule has 0 spiro atoms. The molecule has 7 nitrogen and oxygen atoms in total. The first kappa shape index (κ1) is 11.4. The van der Waals surface area contributed by atoms with E-state index in [4.69, 9.17) is 0 Å². The molecule has 102 valence electrons. The van der Waals surface area contributed by atoms with Crippen molar-refractivity contribution < 1.29 is 9.59 Å². The molecule has 0 aromatic carbocycles. The number of hydrogen-bond donors (Lipinski definition) is 1. The van der Waals surface area contributed by atoms with Gasteiger partial charge in [-0.05, 0) is 13.0 Å². The van der Waals surface area contributed by atoms with Gasteiger partial charge >= 0.3 is 0 Å². The Bertz CT molecular complexity index is 715. The van der Waals surface area contributed by atoms with Gasteiger partial charge in [-0.25, -0.2) is 9.50 Å². The fraction of sp³-hybridized carbons (Fsp3) is 0.385. The van der Waals surface area contributed by atoms with Crippen LogP contribution in [0, 0.1) is 18.8 Å². The molecule has 2 aliphatic heterocycles. The molecule has 2 saturated heterocycles. The first-order valence-electron chi connectivity index (χ1n) is 6.54. The van der Waals surface area contributed by atoms with Crippen molar-refractivity contribution in [3.05, 3.63) is 24.2 Å². The first-order chi connectivity index (χ1) is 9.63. The number of hydrogen-bond acceptors (Lipinski definition) is 5. The highest BCUT2D eigenvalue weighted by molar-refractivity contribution is 6.06. The predicted molar refractivity (Wildman–Crippen MR) is 70.1 cm³/mol. The number of carbonyl (C=O) groups excluding carboxylic acids is 2. The van der Waals surface area contributed by atoms with E-state index in [0.29, 0.717) is 13.1 Å². The highest BCUT2D eigenvalue weighted by Crippen LogP contribution is 2.32. The van der Waals surface area contributed by atoms with Gasteiger partial charge in [-0.15, -0.1) is 0 Å². The average Bonchev–Trinajstić information content (AvgIpc) is 3.05. The summed E-state index contributed by atoms with van der Waals surface area (Å²) in [6.45, 7) is 2.98. The molecule has 2 atom stereocenters. The quantitative estimate of drug-likeness (QED) is 0.723. The number of amides is 2. The summed E-state index contributed by atoms with van der Waals surface area (Å²) in [5.74, 6) is -0.0662. The Labute approximate surface area is 114 Å². The molecule has 0 saturated carbocycles. The van der Waals surface area contributed by atoms with Crippen molar-refractivity contribution in [1.29, 1.82) is 0 Å². The maximum absolute atomic E-state index is 11.7. The van der Waals surface area contributed by atoms with Crippen molar-refractivity contribution in [2.75, 3.05) is 18.0 Å². The highest BCUT2D eigenvalue weighted by atomic mass is 16.2. The summed E-state index contributed by atoms with van der Waals surface area (Å²) in [6.07, 6.45) is 3.48. The molecule has 2 aromatic heterocycles. The smallest absolute Gasteiger partial charge is 0.232 e. The zero-order valence-corrected chi connectivity index (χ0v) is 10.9. The van der Waals surface area contributed by atoms with Crippen LogP contribution in [0.5, 0.6) is 0 Å². The normalized spacial score (nSPS) is 25.4. The lowest BCUT2D eigenvalue weighted by Gasteiger charge is -2.18. The Hall–Kier alpha value is -2.44. The van der Waals surface area contributed by atoms with Crippen LogP contribution in [-0.4, -0.2) is 39.5 Å². The van der Waals surface area contributed by atoms with Crippen molar-refractivity contribution in [2.24, 2.45) is 11.8 Å². The average molecular weight is 271 g/mol. The molecule has 2 amide bonds. The Morgan fingerprint density at radius 1 is 1.25 bits per heavy atom. The fourth-order valence-electron chi connectivity index (χ4n) is 3.09. The maximum atomic E-state index is 11.7. The van der Waals surface area contributed by atoms with E-state index in [9.17, 15) is 9.59 Å². The van der Waals surface area contributed by atoms with Gasteiger partial charge in [-0.2, -0.15) is 5.10 Å². The number of imide groups is 1. The van der Waals surface area contributed by atoms with Crippen LogP contribution in [0.4, 0.5) is 5.82 Å². The van der Waals surface area contributed by atoms with Crippen molar-refractivity contribution in [3.63, 3.8) is 0 Å². The second-order valence-electron chi connectivity index (χ2n) is 5.34. The summed E-state index contributed by atoms with van der Waals surface area (Å²) in [5, 5.41) is 6.74. The number of nitrogens with one attached hydrogen (secondary N) is 1. The van der Waals surface area contributed by atoms with Crippen LogP contribution in [0.25, 0.3) is 5.52 Å². The van der Waals surface area contributed by atoms with Gasteiger partial charge in [0.15, 0.2) is 5.82 Å². The summed E-state index contributed by atoms with van der Waals surface area (Å²) < 4.78 is 1.77. The number of fused-ring (bicyclic) bond motifs is 2. The fourth-order valence-corrected chi connectivity index (χ4v) is 3.09. The van der Waals surface area contributed by atoms with E-state index in [-0.39, 0.29) is 23.7 Å². The summed E-state index contributed by atoms with van der Waals surface area (Å²) in [7, 11) is 0. The monoisotopic (exact) mass is 271 g/mol. The Kier molecular flexibility index (Phi) is 2.15. The number of aromatic nitrogens is 3. The van der Waals surface area contributed by atoms with Gasteiger partial charge in [-0.1, -0.05) is 0 Å². The third-order valence-corrected chi connectivity index (χ3v) is 4.03. The molecule has 7 heteroatoms. The van der Waals surface area contributed by atoms with E-state index < -0.39 is 0 Å². The number of rotatable bonds is 1. The number of carbonyl (C=O) groups is 2. The molecule has 1 N–H and O–H groups in total. The van der Waals surface area contributed by atoms with Crippen LogP contribution >= 0.6 is 0 Å². The van der Waals surface area contributed by atoms with E-state index in [1.165, 1.54) is 0 Å². The number of nitrogens with zero attached hydrogens (tertiary/aromatic N) is 4. The number of aryl methyl sites for hydroxylation is 1. The lowest BCUT2D eigenvalue weighted by molar-refractivity contribution is -0.126. The zero-order valence-electron chi connectivity index (χ0n) is 10.9. The van der Waals surface area contributed by atoms with Gasteiger partial charge in [0.05, 0.1) is 17.5 Å². The van der Waals surface area contributed by atoms with Gasteiger partial charge < -0.3 is 4.90 Å². The lowest BCUT2D eigenvalue weighted by atomic mass is 10.00. The van der Waals surface area contributed by atoms with Crippen LogP contribution in [0.3, 0.4) is 0 Å². The minimum absolute atomic E-state index is 0.167. The first-order valence-corrected chi connectivity index (χ1v) is 6.54. The van der Waals surface area contributed by atoms with E-state index in [1.807, 2.05) is 17.9 Å². The Morgan fingerprint density at radius 3 is 2.65 bits per heavy atom. The van der Waals surface area contributed by atoms with Crippen molar-refractivity contribution in [1.82, 2.24) is 19.9 Å². The molecule has 2 fully saturated rings. The molecule has 2 aliphatic rings. The second-order valence-corrected chi connectivity index (χ2v) is 5.34. The van der Waals surface area contributed by atoms with Crippen molar-refractivity contribution in [3.8, 4) is 0 Å². The molecule has 4 rings (SSSR count). The molecule has 4 heterocycles. The maximum Gasteiger partial charge on any atom is 0.232 e. The van der Waals surface area contributed by atoms with E-state index >= 15 is 0 Å². The van der Waals surface area contributed by atoms with Crippen molar-refractivity contribution in [2.45, 2.75) is 6.92 Å². The second kappa shape index (κ2) is 3.78. The number of anilines is 1. The summed E-state index contributed by atoms with van der Waals surface area (Å²) in [5.41, 5.74) is 1.81. The van der Waals surface area contributed by atoms with Gasteiger partial charge in [0.25, 0.3) is 0 Å². The van der Waals surface area contributed by atoms with Gasteiger partial charge in [0.1, 0.15) is 5.52 Å². The highest BCUT2D eigenvalue weighted by Gasteiger charge is 2.48. The topological polar surface area (TPSA) is 79.6 Å². The largest absolute Gasteiger partial charge is 0.353 e. The van der Waals surface area contributed by atoms with E-state index in [0.717, 1.165) is 17.0 Å². The van der Waals surface area contributed by atoms with Crippen LogP contribution in [0.1, 0.15) is 5.69 Å². The Morgan fingerprint density at radius 2 is 1.95 bits per heavy atom. The van der Waals surface area contributed by atoms with Gasteiger partial charge in [0, 0.05) is 25.5 Å². The molecule has 0 radical (unpaired) electrons. The zero-order chi connectivity index (χ0) is 13.9. The van der Waals surface area contributed by atoms with Crippen molar-refractivity contribution >= 4 is 23.1 Å². The predicted octanol–water partition coefficient (Wildman–Crippen LogP) is -0.253.